The van der Waals surface area contributed by atoms with Crippen molar-refractivity contribution in [3.8, 4) is 11.5 Å². The largest absolute Gasteiger partial charge is 0.490 e. The number of amides is 1. The molecular weight excluding hydrogens is 364 g/mol. The molecule has 2 rings (SSSR count). The second kappa shape index (κ2) is 12.8. The zero-order valence-electron chi connectivity index (χ0n) is 17.0. The SMILES string of the molecule is CCCOc1ccc(CN(CCC)C(=O)C2CCCNC2)cc1OCC.Cl. The molecule has 0 bridgehead atoms. The molecule has 27 heavy (non-hydrogen) atoms. The second-order valence-corrected chi connectivity index (χ2v) is 6.87. The van der Waals surface area contributed by atoms with Crippen LogP contribution in [0.15, 0.2) is 18.2 Å². The number of halogens is 1. The first-order valence-corrected chi connectivity index (χ1v) is 10.1. The summed E-state index contributed by atoms with van der Waals surface area (Å²) >= 11 is 0. The Morgan fingerprint density at radius 2 is 2.00 bits per heavy atom. The molecule has 5 nitrogen and oxygen atoms in total. The van der Waals surface area contributed by atoms with Gasteiger partial charge in [0.2, 0.25) is 5.91 Å². The van der Waals surface area contributed by atoms with Crippen molar-refractivity contribution in [1.82, 2.24) is 10.2 Å². The Morgan fingerprint density at radius 1 is 1.19 bits per heavy atom. The summed E-state index contributed by atoms with van der Waals surface area (Å²) < 4.78 is 11.5. The Labute approximate surface area is 170 Å². The van der Waals surface area contributed by atoms with Gasteiger partial charge in [-0.3, -0.25) is 4.79 Å². The van der Waals surface area contributed by atoms with Crippen LogP contribution < -0.4 is 14.8 Å². The van der Waals surface area contributed by atoms with Gasteiger partial charge in [0.05, 0.1) is 19.1 Å². The average molecular weight is 399 g/mol. The van der Waals surface area contributed by atoms with Crippen LogP contribution in [0.5, 0.6) is 11.5 Å². The van der Waals surface area contributed by atoms with Crippen LogP contribution >= 0.6 is 12.4 Å². The summed E-state index contributed by atoms with van der Waals surface area (Å²) in [6.07, 6.45) is 3.98. The first kappa shape index (κ1) is 23.6. The molecule has 1 fully saturated rings. The third-order valence-electron chi connectivity index (χ3n) is 4.59. The lowest BCUT2D eigenvalue weighted by Crippen LogP contribution is -2.43. The van der Waals surface area contributed by atoms with E-state index in [1.807, 2.05) is 30.0 Å². The van der Waals surface area contributed by atoms with E-state index in [2.05, 4.69) is 19.2 Å². The number of benzene rings is 1. The van der Waals surface area contributed by atoms with Crippen molar-refractivity contribution < 1.29 is 14.3 Å². The minimum atomic E-state index is 0. The van der Waals surface area contributed by atoms with Gasteiger partial charge in [0.25, 0.3) is 0 Å². The van der Waals surface area contributed by atoms with Crippen molar-refractivity contribution in [2.45, 2.75) is 53.0 Å². The van der Waals surface area contributed by atoms with E-state index in [-0.39, 0.29) is 24.2 Å². The first-order valence-electron chi connectivity index (χ1n) is 10.1. The molecule has 0 radical (unpaired) electrons. The number of carbonyl (C=O) groups is 1. The van der Waals surface area contributed by atoms with Gasteiger partial charge in [-0.2, -0.15) is 0 Å². The van der Waals surface area contributed by atoms with Gasteiger partial charge >= 0.3 is 0 Å². The Morgan fingerprint density at radius 3 is 2.63 bits per heavy atom. The molecule has 1 N–H and O–H groups in total. The molecule has 154 valence electrons. The van der Waals surface area contributed by atoms with E-state index < -0.39 is 0 Å². The molecule has 0 aliphatic carbocycles. The molecule has 6 heteroatoms. The summed E-state index contributed by atoms with van der Waals surface area (Å²) in [4.78, 5) is 14.9. The average Bonchev–Trinajstić information content (AvgIpc) is 2.67. The van der Waals surface area contributed by atoms with Gasteiger partial charge in [-0.15, -0.1) is 12.4 Å². The minimum Gasteiger partial charge on any atom is -0.490 e. The van der Waals surface area contributed by atoms with E-state index in [1.165, 1.54) is 0 Å². The highest BCUT2D eigenvalue weighted by molar-refractivity contribution is 5.85. The maximum absolute atomic E-state index is 12.9. The molecule has 1 heterocycles. The van der Waals surface area contributed by atoms with Gasteiger partial charge < -0.3 is 19.7 Å². The van der Waals surface area contributed by atoms with Gasteiger partial charge in [0.15, 0.2) is 11.5 Å². The fraction of sp³-hybridized carbons (Fsp3) is 0.667. The van der Waals surface area contributed by atoms with Crippen molar-refractivity contribution >= 4 is 18.3 Å². The molecule has 0 saturated carbocycles. The smallest absolute Gasteiger partial charge is 0.227 e. The molecule has 1 saturated heterocycles. The van der Waals surface area contributed by atoms with Crippen molar-refractivity contribution in [2.75, 3.05) is 32.8 Å². The molecule has 1 amide bonds. The Balaban J connectivity index is 0.00000364. The molecule has 1 aromatic carbocycles. The quantitative estimate of drug-likeness (QED) is 0.646. The monoisotopic (exact) mass is 398 g/mol. The lowest BCUT2D eigenvalue weighted by molar-refractivity contribution is -0.136. The van der Waals surface area contributed by atoms with Gasteiger partial charge in [0.1, 0.15) is 0 Å². The minimum absolute atomic E-state index is 0. The zero-order chi connectivity index (χ0) is 18.8. The predicted octanol–water partition coefficient (Wildman–Crippen LogP) is 4.03. The number of piperidine rings is 1. The number of carbonyl (C=O) groups excluding carboxylic acids is 1. The maximum Gasteiger partial charge on any atom is 0.227 e. The van der Waals surface area contributed by atoms with Crippen LogP contribution in [0.2, 0.25) is 0 Å². The molecular formula is C21H35ClN2O3. The van der Waals surface area contributed by atoms with Crippen LogP contribution in [-0.2, 0) is 11.3 Å². The van der Waals surface area contributed by atoms with Crippen LogP contribution in [0.1, 0.15) is 52.0 Å². The second-order valence-electron chi connectivity index (χ2n) is 6.87. The standard InChI is InChI=1S/C21H34N2O3.ClH/c1-4-12-23(21(24)18-8-7-11-22-15-18)16-17-9-10-19(26-13-5-2)20(14-17)25-6-3;/h9-10,14,18,22H,4-8,11-13,15-16H2,1-3H3;1H. The van der Waals surface area contributed by atoms with Crippen molar-refractivity contribution in [3.63, 3.8) is 0 Å². The number of hydrogen-bond donors (Lipinski definition) is 1. The number of nitrogens with one attached hydrogen (secondary N) is 1. The van der Waals surface area contributed by atoms with E-state index in [1.54, 1.807) is 0 Å². The van der Waals surface area contributed by atoms with Crippen LogP contribution in [0.25, 0.3) is 0 Å². The molecule has 0 spiro atoms. The lowest BCUT2D eigenvalue weighted by Gasteiger charge is -2.30. The number of hydrogen-bond acceptors (Lipinski definition) is 4. The van der Waals surface area contributed by atoms with E-state index in [0.717, 1.165) is 62.4 Å². The van der Waals surface area contributed by atoms with Gasteiger partial charge in [-0.05, 0) is 56.8 Å². The third-order valence-corrected chi connectivity index (χ3v) is 4.59. The van der Waals surface area contributed by atoms with E-state index >= 15 is 0 Å². The Hall–Kier alpha value is -1.46. The van der Waals surface area contributed by atoms with Crippen molar-refractivity contribution in [2.24, 2.45) is 5.92 Å². The normalized spacial score (nSPS) is 16.3. The van der Waals surface area contributed by atoms with Crippen LogP contribution in [0.4, 0.5) is 0 Å². The summed E-state index contributed by atoms with van der Waals surface area (Å²) in [6.45, 7) is 10.7. The zero-order valence-corrected chi connectivity index (χ0v) is 17.8. The van der Waals surface area contributed by atoms with Crippen molar-refractivity contribution in [1.29, 1.82) is 0 Å². The highest BCUT2D eigenvalue weighted by atomic mass is 35.5. The summed E-state index contributed by atoms with van der Waals surface area (Å²) in [5, 5.41) is 3.35. The topological polar surface area (TPSA) is 50.8 Å². The highest BCUT2D eigenvalue weighted by Gasteiger charge is 2.25. The van der Waals surface area contributed by atoms with Gasteiger partial charge in [-0.25, -0.2) is 0 Å². The fourth-order valence-corrected chi connectivity index (χ4v) is 3.33. The molecule has 1 aliphatic heterocycles. The summed E-state index contributed by atoms with van der Waals surface area (Å²) in [5.74, 6) is 1.92. The molecule has 1 unspecified atom stereocenters. The van der Waals surface area contributed by atoms with Gasteiger partial charge in [-0.1, -0.05) is 19.9 Å². The summed E-state index contributed by atoms with van der Waals surface area (Å²) in [5.41, 5.74) is 1.09. The van der Waals surface area contributed by atoms with Crippen LogP contribution in [-0.4, -0.2) is 43.7 Å². The molecule has 1 aliphatic rings. The van der Waals surface area contributed by atoms with Gasteiger partial charge in [0, 0.05) is 19.6 Å². The Kier molecular flexibility index (Phi) is 11.2. The third kappa shape index (κ3) is 7.23. The van der Waals surface area contributed by atoms with E-state index in [4.69, 9.17) is 9.47 Å². The first-order chi connectivity index (χ1) is 12.7. The van der Waals surface area contributed by atoms with Crippen LogP contribution in [0, 0.1) is 5.92 Å². The number of ether oxygens (including phenoxy) is 2. The van der Waals surface area contributed by atoms with E-state index in [9.17, 15) is 4.79 Å². The van der Waals surface area contributed by atoms with Crippen LogP contribution in [0.3, 0.4) is 0 Å². The molecule has 0 aromatic heterocycles. The van der Waals surface area contributed by atoms with Crippen molar-refractivity contribution in [3.05, 3.63) is 23.8 Å². The van der Waals surface area contributed by atoms with E-state index in [0.29, 0.717) is 19.8 Å². The highest BCUT2D eigenvalue weighted by Crippen LogP contribution is 2.29. The maximum atomic E-state index is 12.9. The Bertz CT molecular complexity index is 562. The number of nitrogens with zero attached hydrogens (tertiary/aromatic N) is 1. The molecule has 1 atom stereocenters. The summed E-state index contributed by atoms with van der Waals surface area (Å²) in [6, 6.07) is 6.03. The lowest BCUT2D eigenvalue weighted by atomic mass is 9.97. The predicted molar refractivity (Wildman–Crippen MR) is 112 cm³/mol. The number of rotatable bonds is 10. The molecule has 1 aromatic rings. The fourth-order valence-electron chi connectivity index (χ4n) is 3.33. The summed E-state index contributed by atoms with van der Waals surface area (Å²) in [7, 11) is 0.